The standard InChI is InChI=1S/C13H21BrN4S/c1-4-5-17(7-6-16(2)3)12-11(10-14)18-8-9-19-13(18)15-12/h8-9H,4-7,10H2,1-3H3. The number of alkyl halides is 1. The van der Waals surface area contributed by atoms with Gasteiger partial charge in [0.2, 0.25) is 0 Å². The molecule has 0 amide bonds. The zero-order valence-corrected chi connectivity index (χ0v) is 14.2. The van der Waals surface area contributed by atoms with Gasteiger partial charge in [0.15, 0.2) is 10.8 Å². The lowest BCUT2D eigenvalue weighted by molar-refractivity contribution is 0.412. The Balaban J connectivity index is 2.28. The van der Waals surface area contributed by atoms with Gasteiger partial charge < -0.3 is 9.80 Å². The average Bonchev–Trinajstić information content (AvgIpc) is 2.93. The van der Waals surface area contributed by atoms with Crippen LogP contribution in [-0.2, 0) is 5.33 Å². The third-order valence-corrected chi connectivity index (χ3v) is 4.36. The van der Waals surface area contributed by atoms with Gasteiger partial charge in [0.1, 0.15) is 0 Å². The number of halogens is 1. The minimum Gasteiger partial charge on any atom is -0.354 e. The van der Waals surface area contributed by atoms with Crippen molar-refractivity contribution in [3.63, 3.8) is 0 Å². The molecule has 19 heavy (non-hydrogen) atoms. The number of aromatic nitrogens is 2. The Bertz CT molecular complexity index is 520. The molecule has 2 heterocycles. The van der Waals surface area contributed by atoms with Gasteiger partial charge in [-0.05, 0) is 20.5 Å². The molecule has 0 N–H and O–H groups in total. The maximum absolute atomic E-state index is 4.80. The van der Waals surface area contributed by atoms with Gasteiger partial charge in [0, 0.05) is 36.5 Å². The summed E-state index contributed by atoms with van der Waals surface area (Å²) in [5.74, 6) is 1.13. The van der Waals surface area contributed by atoms with E-state index < -0.39 is 0 Å². The highest BCUT2D eigenvalue weighted by atomic mass is 79.9. The van der Waals surface area contributed by atoms with Gasteiger partial charge in [-0.3, -0.25) is 4.40 Å². The van der Waals surface area contributed by atoms with Crippen LogP contribution in [0.5, 0.6) is 0 Å². The first-order valence-electron chi connectivity index (χ1n) is 6.57. The van der Waals surface area contributed by atoms with Crippen LogP contribution < -0.4 is 4.90 Å². The number of imidazole rings is 1. The molecule has 0 atom stereocenters. The lowest BCUT2D eigenvalue weighted by Gasteiger charge is -2.24. The van der Waals surface area contributed by atoms with Gasteiger partial charge in [-0.25, -0.2) is 4.98 Å². The summed E-state index contributed by atoms with van der Waals surface area (Å²) < 4.78 is 2.19. The zero-order chi connectivity index (χ0) is 13.8. The van der Waals surface area contributed by atoms with E-state index in [2.05, 4.69) is 62.7 Å². The molecule has 2 aromatic heterocycles. The number of nitrogens with zero attached hydrogens (tertiary/aromatic N) is 4. The van der Waals surface area contributed by atoms with Crippen molar-refractivity contribution in [2.75, 3.05) is 38.6 Å². The maximum Gasteiger partial charge on any atom is 0.195 e. The zero-order valence-electron chi connectivity index (χ0n) is 11.8. The Labute approximate surface area is 127 Å². The molecule has 0 unspecified atom stereocenters. The van der Waals surface area contributed by atoms with Crippen molar-refractivity contribution in [3.8, 4) is 0 Å². The van der Waals surface area contributed by atoms with Crippen molar-refractivity contribution in [3.05, 3.63) is 17.3 Å². The molecule has 4 nitrogen and oxygen atoms in total. The van der Waals surface area contributed by atoms with Crippen LogP contribution in [0.15, 0.2) is 11.6 Å². The van der Waals surface area contributed by atoms with Gasteiger partial charge in [-0.2, -0.15) is 0 Å². The first-order chi connectivity index (χ1) is 9.17. The minimum absolute atomic E-state index is 0.836. The quantitative estimate of drug-likeness (QED) is 0.721. The molecule has 2 aromatic rings. The molecule has 6 heteroatoms. The van der Waals surface area contributed by atoms with Crippen LogP contribution in [0.25, 0.3) is 4.96 Å². The van der Waals surface area contributed by atoms with Crippen molar-refractivity contribution in [1.29, 1.82) is 0 Å². The van der Waals surface area contributed by atoms with Gasteiger partial charge >= 0.3 is 0 Å². The maximum atomic E-state index is 4.80. The number of anilines is 1. The van der Waals surface area contributed by atoms with Gasteiger partial charge in [0.05, 0.1) is 5.69 Å². The molecular formula is C13H21BrN4S. The lowest BCUT2D eigenvalue weighted by atomic mass is 10.3. The SMILES string of the molecule is CCCN(CCN(C)C)c1nc2sccn2c1CBr. The molecule has 0 spiro atoms. The van der Waals surface area contributed by atoms with E-state index >= 15 is 0 Å². The number of hydrogen-bond donors (Lipinski definition) is 0. The normalized spacial score (nSPS) is 11.6. The second-order valence-electron chi connectivity index (χ2n) is 4.86. The third kappa shape index (κ3) is 3.30. The van der Waals surface area contributed by atoms with Crippen LogP contribution in [-0.4, -0.2) is 48.0 Å². The molecule has 106 valence electrons. The highest BCUT2D eigenvalue weighted by Crippen LogP contribution is 2.26. The topological polar surface area (TPSA) is 23.8 Å². The summed E-state index contributed by atoms with van der Waals surface area (Å²) in [6, 6.07) is 0. The number of fused-ring (bicyclic) bond motifs is 1. The van der Waals surface area contributed by atoms with Crippen molar-refractivity contribution in [2.45, 2.75) is 18.7 Å². The van der Waals surface area contributed by atoms with Gasteiger partial charge in [-0.15, -0.1) is 11.3 Å². The molecule has 0 saturated heterocycles. The number of likely N-dealkylation sites (N-methyl/N-ethyl adjacent to an activating group) is 1. The van der Waals surface area contributed by atoms with Crippen LogP contribution in [0.4, 0.5) is 5.82 Å². The van der Waals surface area contributed by atoms with Crippen molar-refractivity contribution < 1.29 is 0 Å². The molecular weight excluding hydrogens is 324 g/mol. The Morgan fingerprint density at radius 1 is 1.32 bits per heavy atom. The molecule has 0 aliphatic rings. The van der Waals surface area contributed by atoms with E-state index in [1.165, 1.54) is 5.69 Å². The largest absolute Gasteiger partial charge is 0.354 e. The average molecular weight is 345 g/mol. The molecule has 0 bridgehead atoms. The molecule has 0 aliphatic heterocycles. The predicted molar refractivity (Wildman–Crippen MR) is 86.8 cm³/mol. The van der Waals surface area contributed by atoms with E-state index in [-0.39, 0.29) is 0 Å². The number of thiazole rings is 1. The highest BCUT2D eigenvalue weighted by molar-refractivity contribution is 9.08. The third-order valence-electron chi connectivity index (χ3n) is 3.08. The fourth-order valence-corrected chi connectivity index (χ4v) is 3.36. The second-order valence-corrected chi connectivity index (χ2v) is 6.30. The predicted octanol–water partition coefficient (Wildman–Crippen LogP) is 3.07. The van der Waals surface area contributed by atoms with Crippen LogP contribution in [0.3, 0.4) is 0 Å². The molecule has 0 fully saturated rings. The molecule has 0 radical (unpaired) electrons. The Hall–Kier alpha value is -0.590. The summed E-state index contributed by atoms with van der Waals surface area (Å²) in [5, 5.41) is 2.92. The lowest BCUT2D eigenvalue weighted by Crippen LogP contribution is -2.33. The van der Waals surface area contributed by atoms with Crippen LogP contribution >= 0.6 is 27.3 Å². The molecule has 2 rings (SSSR count). The van der Waals surface area contributed by atoms with E-state index in [9.17, 15) is 0 Å². The summed E-state index contributed by atoms with van der Waals surface area (Å²) >= 11 is 5.29. The van der Waals surface area contributed by atoms with E-state index in [1.807, 2.05) is 0 Å². The summed E-state index contributed by atoms with van der Waals surface area (Å²) in [4.78, 5) is 10.5. The minimum atomic E-state index is 0.836. The van der Waals surface area contributed by atoms with E-state index in [0.717, 1.165) is 42.2 Å². The fraction of sp³-hybridized carbons (Fsp3) is 0.615. The summed E-state index contributed by atoms with van der Waals surface area (Å²) in [5.41, 5.74) is 1.25. The fourth-order valence-electron chi connectivity index (χ4n) is 2.11. The van der Waals surface area contributed by atoms with Gasteiger partial charge in [-0.1, -0.05) is 22.9 Å². The number of rotatable bonds is 7. The summed E-state index contributed by atoms with van der Waals surface area (Å²) in [7, 11) is 4.22. The van der Waals surface area contributed by atoms with E-state index in [0.29, 0.717) is 0 Å². The van der Waals surface area contributed by atoms with Crippen molar-refractivity contribution >= 4 is 38.0 Å². The van der Waals surface area contributed by atoms with Crippen molar-refractivity contribution in [1.82, 2.24) is 14.3 Å². The van der Waals surface area contributed by atoms with E-state index in [4.69, 9.17) is 4.98 Å². The smallest absolute Gasteiger partial charge is 0.195 e. The van der Waals surface area contributed by atoms with Crippen LogP contribution in [0, 0.1) is 0 Å². The first-order valence-corrected chi connectivity index (χ1v) is 8.57. The first kappa shape index (κ1) is 14.8. The summed E-state index contributed by atoms with van der Waals surface area (Å²) in [6.45, 7) is 5.34. The summed E-state index contributed by atoms with van der Waals surface area (Å²) in [6.07, 6.45) is 3.24. The van der Waals surface area contributed by atoms with Crippen LogP contribution in [0.1, 0.15) is 19.0 Å². The van der Waals surface area contributed by atoms with Crippen LogP contribution in [0.2, 0.25) is 0 Å². The molecule has 0 aliphatic carbocycles. The Morgan fingerprint density at radius 2 is 2.11 bits per heavy atom. The van der Waals surface area contributed by atoms with Gasteiger partial charge in [0.25, 0.3) is 0 Å². The monoisotopic (exact) mass is 344 g/mol. The Kier molecular flexibility index (Phi) is 5.24. The highest BCUT2D eigenvalue weighted by Gasteiger charge is 2.17. The molecule has 0 saturated carbocycles. The second kappa shape index (κ2) is 6.72. The molecule has 0 aromatic carbocycles. The number of hydrogen-bond acceptors (Lipinski definition) is 4. The Morgan fingerprint density at radius 3 is 2.74 bits per heavy atom. The van der Waals surface area contributed by atoms with Crippen molar-refractivity contribution in [2.24, 2.45) is 0 Å². The van der Waals surface area contributed by atoms with E-state index in [1.54, 1.807) is 11.3 Å².